The standard InChI is InChI=1S/C14H29N.CHF3O3S/c1-3-5-8-12-15-13-9-7-11-14(15)10-6-4-2;2-1(3,4)8(5,6)7/h14H,3-13H2,1-2H3;(H,5,6,7). The second-order valence-corrected chi connectivity index (χ2v) is 7.47. The summed E-state index contributed by atoms with van der Waals surface area (Å²) < 4.78 is 58.9. The third-order valence-corrected chi connectivity index (χ3v) is 4.74. The van der Waals surface area contributed by atoms with Crippen molar-refractivity contribution in [3.8, 4) is 0 Å². The topological polar surface area (TPSA) is 61.6 Å². The zero-order chi connectivity index (χ0) is 17.9. The number of likely N-dealkylation sites (tertiary alicyclic amines) is 1. The van der Waals surface area contributed by atoms with Gasteiger partial charge < -0.3 is 9.45 Å². The van der Waals surface area contributed by atoms with E-state index in [-0.39, 0.29) is 0 Å². The number of hydrogen-bond donors (Lipinski definition) is 1. The molecule has 0 spiro atoms. The monoisotopic (exact) mass is 361 g/mol. The van der Waals surface area contributed by atoms with Crippen LogP contribution in [-0.4, -0.2) is 37.6 Å². The fourth-order valence-corrected chi connectivity index (χ4v) is 2.88. The van der Waals surface area contributed by atoms with Crippen LogP contribution in [0.4, 0.5) is 13.2 Å². The summed E-state index contributed by atoms with van der Waals surface area (Å²) in [4.78, 5) is 1.93. The maximum absolute atomic E-state index is 10.7. The second kappa shape index (κ2) is 11.3. The number of rotatable bonds is 7. The Morgan fingerprint density at radius 1 is 1.09 bits per heavy atom. The van der Waals surface area contributed by atoms with Gasteiger partial charge in [-0.1, -0.05) is 26.7 Å². The summed E-state index contributed by atoms with van der Waals surface area (Å²) in [5.74, 6) is 0. The van der Waals surface area contributed by atoms with Gasteiger partial charge >= 0.3 is 5.51 Å². The predicted molar refractivity (Wildman–Crippen MR) is 83.1 cm³/mol. The van der Waals surface area contributed by atoms with Gasteiger partial charge in [0.05, 0.1) is 19.1 Å². The Morgan fingerprint density at radius 2 is 1.65 bits per heavy atom. The van der Waals surface area contributed by atoms with Gasteiger partial charge in [-0.2, -0.15) is 13.2 Å². The van der Waals surface area contributed by atoms with Gasteiger partial charge in [0.1, 0.15) is 0 Å². The van der Waals surface area contributed by atoms with Crippen LogP contribution >= 0.6 is 0 Å². The van der Waals surface area contributed by atoms with Crippen LogP contribution < -0.4 is 4.90 Å². The summed E-state index contributed by atoms with van der Waals surface area (Å²) in [6.45, 7) is 7.53. The van der Waals surface area contributed by atoms with E-state index in [1.807, 2.05) is 4.90 Å². The van der Waals surface area contributed by atoms with E-state index in [0.29, 0.717) is 0 Å². The van der Waals surface area contributed by atoms with Gasteiger partial charge in [-0.25, -0.2) is 8.42 Å². The lowest BCUT2D eigenvalue weighted by molar-refractivity contribution is -0.931. The van der Waals surface area contributed by atoms with Crippen molar-refractivity contribution in [3.05, 3.63) is 0 Å². The van der Waals surface area contributed by atoms with Crippen molar-refractivity contribution < 1.29 is 31.0 Å². The molecule has 1 N–H and O–H groups in total. The molecular weight excluding hydrogens is 331 g/mol. The molecule has 8 heteroatoms. The van der Waals surface area contributed by atoms with Crippen molar-refractivity contribution in [2.75, 3.05) is 13.1 Å². The van der Waals surface area contributed by atoms with Crippen molar-refractivity contribution >= 4 is 10.1 Å². The normalized spacial score (nSPS) is 22.3. The predicted octanol–water partition coefficient (Wildman–Crippen LogP) is 2.86. The first-order valence-electron chi connectivity index (χ1n) is 8.50. The molecular formula is C15H30F3NO3S. The average Bonchev–Trinajstić information content (AvgIpc) is 2.45. The van der Waals surface area contributed by atoms with Crippen molar-refractivity contribution in [2.24, 2.45) is 0 Å². The Kier molecular flexibility index (Phi) is 11.1. The minimum absolute atomic E-state index is 1.01. The number of hydrogen-bond acceptors (Lipinski definition) is 3. The largest absolute Gasteiger partial charge is 0.741 e. The zero-order valence-electron chi connectivity index (χ0n) is 14.1. The Labute approximate surface area is 138 Å². The molecule has 2 unspecified atom stereocenters. The third kappa shape index (κ3) is 10.2. The number of halogens is 3. The highest BCUT2D eigenvalue weighted by Crippen LogP contribution is 2.20. The summed E-state index contributed by atoms with van der Waals surface area (Å²) in [7, 11) is -6.09. The van der Waals surface area contributed by atoms with Crippen molar-refractivity contribution in [3.63, 3.8) is 0 Å². The van der Waals surface area contributed by atoms with E-state index in [0.717, 1.165) is 6.04 Å². The van der Waals surface area contributed by atoms with Gasteiger partial charge in [-0.3, -0.25) is 0 Å². The van der Waals surface area contributed by atoms with Crippen molar-refractivity contribution in [1.82, 2.24) is 0 Å². The highest BCUT2D eigenvalue weighted by Gasteiger charge is 2.36. The molecule has 23 heavy (non-hydrogen) atoms. The summed E-state index contributed by atoms with van der Waals surface area (Å²) in [5, 5.41) is 0. The van der Waals surface area contributed by atoms with E-state index in [1.165, 1.54) is 70.9 Å². The van der Waals surface area contributed by atoms with Crippen LogP contribution in [0.5, 0.6) is 0 Å². The minimum atomic E-state index is -6.09. The van der Waals surface area contributed by atoms with Crippen LogP contribution in [0, 0.1) is 0 Å². The average molecular weight is 361 g/mol. The minimum Gasteiger partial charge on any atom is -0.741 e. The Balaban J connectivity index is 0.000000515. The Hall–Kier alpha value is -0.340. The highest BCUT2D eigenvalue weighted by atomic mass is 32.2. The molecule has 0 saturated carbocycles. The smallest absolute Gasteiger partial charge is 0.485 e. The van der Waals surface area contributed by atoms with Crippen LogP contribution in [0.1, 0.15) is 71.6 Å². The molecule has 4 nitrogen and oxygen atoms in total. The zero-order valence-corrected chi connectivity index (χ0v) is 14.9. The summed E-state index contributed by atoms with van der Waals surface area (Å²) in [6, 6.07) is 1.01. The number of alkyl halides is 3. The molecule has 1 aliphatic rings. The molecule has 140 valence electrons. The second-order valence-electron chi connectivity index (χ2n) is 6.10. The first kappa shape index (κ1) is 22.7. The Morgan fingerprint density at radius 3 is 2.13 bits per heavy atom. The SMILES string of the molecule is CCCCC[NH+]1CCCCC1CCCC.O=S(=O)([O-])C(F)(F)F. The van der Waals surface area contributed by atoms with Crippen LogP contribution in [0.3, 0.4) is 0 Å². The fourth-order valence-electron chi connectivity index (χ4n) is 2.88. The maximum Gasteiger partial charge on any atom is 0.485 e. The molecule has 0 bridgehead atoms. The molecule has 0 radical (unpaired) electrons. The number of unbranched alkanes of at least 4 members (excludes halogenated alkanes) is 3. The number of nitrogens with one attached hydrogen (secondary N) is 1. The van der Waals surface area contributed by atoms with Crippen LogP contribution in [-0.2, 0) is 10.1 Å². The van der Waals surface area contributed by atoms with Crippen LogP contribution in [0.25, 0.3) is 0 Å². The molecule has 1 fully saturated rings. The molecule has 0 amide bonds. The molecule has 1 aliphatic heterocycles. The molecule has 0 aliphatic carbocycles. The molecule has 0 aromatic heterocycles. The lowest BCUT2D eigenvalue weighted by atomic mass is 9.97. The number of quaternary nitrogens is 1. The van der Waals surface area contributed by atoms with Gasteiger partial charge in [0, 0.05) is 0 Å². The molecule has 0 aromatic carbocycles. The number of piperidine rings is 1. The fraction of sp³-hybridized carbons (Fsp3) is 1.00. The Bertz CT molecular complexity index is 399. The van der Waals surface area contributed by atoms with E-state index in [9.17, 15) is 13.2 Å². The van der Waals surface area contributed by atoms with Gasteiger partial charge in [0.25, 0.3) is 0 Å². The lowest BCUT2D eigenvalue weighted by Crippen LogP contribution is -3.16. The molecule has 1 rings (SSSR count). The van der Waals surface area contributed by atoms with E-state index in [1.54, 1.807) is 0 Å². The van der Waals surface area contributed by atoms with E-state index in [4.69, 9.17) is 13.0 Å². The molecule has 1 saturated heterocycles. The maximum atomic E-state index is 10.7. The van der Waals surface area contributed by atoms with Gasteiger partial charge in [0.2, 0.25) is 0 Å². The van der Waals surface area contributed by atoms with Crippen LogP contribution in [0.2, 0.25) is 0 Å². The van der Waals surface area contributed by atoms with E-state index < -0.39 is 15.6 Å². The molecule has 2 atom stereocenters. The highest BCUT2D eigenvalue weighted by molar-refractivity contribution is 7.86. The van der Waals surface area contributed by atoms with Crippen molar-refractivity contribution in [2.45, 2.75) is 83.2 Å². The quantitative estimate of drug-likeness (QED) is 0.431. The van der Waals surface area contributed by atoms with Crippen molar-refractivity contribution in [1.29, 1.82) is 0 Å². The lowest BCUT2D eigenvalue weighted by Gasteiger charge is -2.32. The summed E-state index contributed by atoms with van der Waals surface area (Å²) in [5.41, 5.74) is -5.65. The summed E-state index contributed by atoms with van der Waals surface area (Å²) >= 11 is 0. The van der Waals surface area contributed by atoms with Crippen LogP contribution in [0.15, 0.2) is 0 Å². The molecule has 1 heterocycles. The first-order chi connectivity index (χ1) is 10.6. The van der Waals surface area contributed by atoms with Gasteiger partial charge in [-0.15, -0.1) is 0 Å². The van der Waals surface area contributed by atoms with E-state index in [2.05, 4.69) is 13.8 Å². The van der Waals surface area contributed by atoms with E-state index >= 15 is 0 Å². The summed E-state index contributed by atoms with van der Waals surface area (Å²) in [6.07, 6.45) is 13.0. The molecule has 0 aromatic rings. The van der Waals surface area contributed by atoms with Gasteiger partial charge in [0.15, 0.2) is 10.1 Å². The third-order valence-electron chi connectivity index (χ3n) is 4.17. The first-order valence-corrected chi connectivity index (χ1v) is 9.91. The van der Waals surface area contributed by atoms with Gasteiger partial charge in [-0.05, 0) is 44.9 Å².